The molecule has 0 bridgehead atoms. The van der Waals surface area contributed by atoms with Crippen molar-refractivity contribution in [2.45, 2.75) is 13.8 Å². The standard InChI is InChI=1S/C20H20N2O3.ClH/c1-4-25-16-8-6-15(7-9-16)22-19-11-13(2)21-18-10-5-14(12-17(18)19)20(23)24-3;/h5-12H,4H2,1-3H3,(H,21,22);1H. The molecular formula is C20H21ClN2O3. The Balaban J connectivity index is 0.00000243. The van der Waals surface area contributed by atoms with Crippen LogP contribution in [0.5, 0.6) is 5.75 Å². The molecule has 6 heteroatoms. The van der Waals surface area contributed by atoms with Gasteiger partial charge in [0.05, 0.1) is 24.8 Å². The smallest absolute Gasteiger partial charge is 0.337 e. The van der Waals surface area contributed by atoms with Crippen molar-refractivity contribution in [1.82, 2.24) is 4.98 Å². The van der Waals surface area contributed by atoms with Crippen LogP contribution < -0.4 is 10.1 Å². The highest BCUT2D eigenvalue weighted by molar-refractivity contribution is 5.99. The Kier molecular flexibility index (Phi) is 6.41. The van der Waals surface area contributed by atoms with Crippen LogP contribution in [0.15, 0.2) is 48.5 Å². The largest absolute Gasteiger partial charge is 0.494 e. The van der Waals surface area contributed by atoms with E-state index in [4.69, 9.17) is 9.47 Å². The van der Waals surface area contributed by atoms with E-state index in [2.05, 4.69) is 10.3 Å². The molecule has 0 amide bonds. The van der Waals surface area contributed by atoms with Crippen LogP contribution in [0.2, 0.25) is 0 Å². The van der Waals surface area contributed by atoms with Crippen LogP contribution in [0.1, 0.15) is 23.0 Å². The molecule has 1 N–H and O–H groups in total. The number of halogens is 1. The van der Waals surface area contributed by atoms with Gasteiger partial charge in [-0.3, -0.25) is 4.98 Å². The number of pyridine rings is 1. The first-order chi connectivity index (χ1) is 12.1. The van der Waals surface area contributed by atoms with Crippen LogP contribution in [0.3, 0.4) is 0 Å². The summed E-state index contributed by atoms with van der Waals surface area (Å²) < 4.78 is 10.3. The number of fused-ring (bicyclic) bond motifs is 1. The topological polar surface area (TPSA) is 60.5 Å². The van der Waals surface area contributed by atoms with Gasteiger partial charge in [-0.1, -0.05) is 0 Å². The number of aryl methyl sites for hydroxylation is 1. The fourth-order valence-electron chi connectivity index (χ4n) is 2.66. The lowest BCUT2D eigenvalue weighted by atomic mass is 10.1. The van der Waals surface area contributed by atoms with E-state index in [1.807, 2.05) is 50.2 Å². The maximum absolute atomic E-state index is 11.8. The molecule has 0 unspecified atom stereocenters. The average molecular weight is 373 g/mol. The van der Waals surface area contributed by atoms with Crippen LogP contribution in [-0.2, 0) is 4.74 Å². The third-order valence-corrected chi connectivity index (χ3v) is 3.80. The highest BCUT2D eigenvalue weighted by Gasteiger charge is 2.10. The summed E-state index contributed by atoms with van der Waals surface area (Å²) in [6.45, 7) is 4.53. The van der Waals surface area contributed by atoms with Crippen LogP contribution in [0, 0.1) is 6.92 Å². The minimum absolute atomic E-state index is 0. The Hall–Kier alpha value is -2.79. The number of rotatable bonds is 5. The van der Waals surface area contributed by atoms with Crippen molar-refractivity contribution in [2.24, 2.45) is 0 Å². The molecule has 3 rings (SSSR count). The van der Waals surface area contributed by atoms with Gasteiger partial charge in [0.2, 0.25) is 0 Å². The minimum atomic E-state index is -0.366. The fraction of sp³-hybridized carbons (Fsp3) is 0.200. The van der Waals surface area contributed by atoms with E-state index in [0.29, 0.717) is 12.2 Å². The van der Waals surface area contributed by atoms with Gasteiger partial charge < -0.3 is 14.8 Å². The minimum Gasteiger partial charge on any atom is -0.494 e. The normalized spacial score (nSPS) is 10.1. The second-order valence-corrected chi connectivity index (χ2v) is 5.62. The summed E-state index contributed by atoms with van der Waals surface area (Å²) in [7, 11) is 1.37. The van der Waals surface area contributed by atoms with Crippen LogP contribution in [0.4, 0.5) is 11.4 Å². The summed E-state index contributed by atoms with van der Waals surface area (Å²) in [5.41, 5.74) is 4.03. The maximum atomic E-state index is 11.8. The molecule has 0 aliphatic heterocycles. The van der Waals surface area contributed by atoms with Crippen LogP contribution in [-0.4, -0.2) is 24.7 Å². The molecule has 0 aliphatic carbocycles. The fourth-order valence-corrected chi connectivity index (χ4v) is 2.66. The Morgan fingerprint density at radius 2 is 1.85 bits per heavy atom. The Morgan fingerprint density at radius 1 is 1.12 bits per heavy atom. The second kappa shape index (κ2) is 8.54. The number of carbonyl (C=O) groups excluding carboxylic acids is 1. The molecule has 26 heavy (non-hydrogen) atoms. The lowest BCUT2D eigenvalue weighted by Gasteiger charge is -2.12. The predicted molar refractivity (Wildman–Crippen MR) is 106 cm³/mol. The highest BCUT2D eigenvalue weighted by atomic mass is 35.5. The Bertz CT molecular complexity index is 911. The summed E-state index contributed by atoms with van der Waals surface area (Å²) in [5.74, 6) is 0.464. The van der Waals surface area contributed by atoms with Crippen molar-refractivity contribution in [3.05, 3.63) is 59.8 Å². The van der Waals surface area contributed by atoms with Gasteiger partial charge in [-0.15, -0.1) is 12.4 Å². The molecule has 0 radical (unpaired) electrons. The van der Waals surface area contributed by atoms with E-state index in [1.54, 1.807) is 12.1 Å². The lowest BCUT2D eigenvalue weighted by molar-refractivity contribution is 0.0601. The molecule has 0 saturated carbocycles. The third kappa shape index (κ3) is 4.24. The van der Waals surface area contributed by atoms with Crippen LogP contribution >= 0.6 is 12.4 Å². The van der Waals surface area contributed by atoms with Gasteiger partial charge in [-0.2, -0.15) is 0 Å². The summed E-state index contributed by atoms with van der Waals surface area (Å²) in [6.07, 6.45) is 0. The molecule has 0 aliphatic rings. The number of esters is 1. The summed E-state index contributed by atoms with van der Waals surface area (Å²) in [5, 5.41) is 4.26. The van der Waals surface area contributed by atoms with E-state index in [-0.39, 0.29) is 18.4 Å². The molecule has 0 saturated heterocycles. The van der Waals surface area contributed by atoms with Crippen molar-refractivity contribution in [2.75, 3.05) is 19.0 Å². The molecule has 3 aromatic rings. The molecule has 0 fully saturated rings. The summed E-state index contributed by atoms with van der Waals surface area (Å²) in [6, 6.07) is 15.1. The van der Waals surface area contributed by atoms with E-state index in [1.165, 1.54) is 7.11 Å². The first kappa shape index (κ1) is 19.5. The molecule has 5 nitrogen and oxygen atoms in total. The van der Waals surface area contributed by atoms with Crippen molar-refractivity contribution in [3.63, 3.8) is 0 Å². The van der Waals surface area contributed by atoms with Crippen molar-refractivity contribution < 1.29 is 14.3 Å². The van der Waals surface area contributed by atoms with Gasteiger partial charge in [-0.05, 0) is 62.4 Å². The number of aromatic nitrogens is 1. The number of anilines is 2. The number of hydrogen-bond acceptors (Lipinski definition) is 5. The number of benzene rings is 2. The van der Waals surface area contributed by atoms with Gasteiger partial charge in [-0.25, -0.2) is 4.79 Å². The first-order valence-corrected chi connectivity index (χ1v) is 8.10. The zero-order valence-corrected chi connectivity index (χ0v) is 15.7. The zero-order chi connectivity index (χ0) is 17.8. The van der Waals surface area contributed by atoms with Gasteiger partial charge in [0.15, 0.2) is 0 Å². The monoisotopic (exact) mass is 372 g/mol. The quantitative estimate of drug-likeness (QED) is 0.646. The first-order valence-electron chi connectivity index (χ1n) is 8.10. The number of nitrogens with one attached hydrogen (secondary N) is 1. The van der Waals surface area contributed by atoms with Gasteiger partial charge in [0.1, 0.15) is 5.75 Å². The predicted octanol–water partition coefficient (Wildman–Crippen LogP) is 4.89. The SMILES string of the molecule is CCOc1ccc(Nc2cc(C)nc3ccc(C(=O)OC)cc23)cc1.Cl. The number of carbonyl (C=O) groups is 1. The van der Waals surface area contributed by atoms with Crippen molar-refractivity contribution in [1.29, 1.82) is 0 Å². The van der Waals surface area contributed by atoms with Gasteiger partial charge in [0, 0.05) is 22.5 Å². The highest BCUT2D eigenvalue weighted by Crippen LogP contribution is 2.28. The molecular weight excluding hydrogens is 352 g/mol. The average Bonchev–Trinajstić information content (AvgIpc) is 2.62. The summed E-state index contributed by atoms with van der Waals surface area (Å²) >= 11 is 0. The second-order valence-electron chi connectivity index (χ2n) is 5.62. The Morgan fingerprint density at radius 3 is 2.50 bits per heavy atom. The van der Waals surface area contributed by atoms with E-state index < -0.39 is 0 Å². The van der Waals surface area contributed by atoms with Gasteiger partial charge >= 0.3 is 5.97 Å². The number of nitrogens with zero attached hydrogens (tertiary/aromatic N) is 1. The van der Waals surface area contributed by atoms with Gasteiger partial charge in [0.25, 0.3) is 0 Å². The molecule has 1 heterocycles. The summed E-state index contributed by atoms with van der Waals surface area (Å²) in [4.78, 5) is 16.3. The maximum Gasteiger partial charge on any atom is 0.337 e. The molecule has 2 aromatic carbocycles. The van der Waals surface area contributed by atoms with E-state index >= 15 is 0 Å². The van der Waals surface area contributed by atoms with Crippen molar-refractivity contribution >= 4 is 40.7 Å². The lowest BCUT2D eigenvalue weighted by Crippen LogP contribution is -2.02. The zero-order valence-electron chi connectivity index (χ0n) is 14.9. The number of hydrogen-bond donors (Lipinski definition) is 1. The van der Waals surface area contributed by atoms with E-state index in [9.17, 15) is 4.79 Å². The molecule has 0 atom stereocenters. The van der Waals surface area contributed by atoms with E-state index in [0.717, 1.165) is 33.7 Å². The molecule has 136 valence electrons. The number of ether oxygens (including phenoxy) is 2. The Labute approximate surface area is 158 Å². The molecule has 1 aromatic heterocycles. The van der Waals surface area contributed by atoms with Crippen LogP contribution in [0.25, 0.3) is 10.9 Å². The van der Waals surface area contributed by atoms with Crippen molar-refractivity contribution in [3.8, 4) is 5.75 Å². The third-order valence-electron chi connectivity index (χ3n) is 3.80. The molecule has 0 spiro atoms. The number of methoxy groups -OCH3 is 1.